The van der Waals surface area contributed by atoms with Crippen molar-refractivity contribution in [1.29, 1.82) is 0 Å². The Bertz CT molecular complexity index is 577. The number of hydrogen-bond donors (Lipinski definition) is 0. The van der Waals surface area contributed by atoms with Gasteiger partial charge < -0.3 is 0 Å². The molecular weight excluding hydrogens is 280 g/mol. The summed E-state index contributed by atoms with van der Waals surface area (Å²) in [6.45, 7) is 4.34. The van der Waals surface area contributed by atoms with Crippen LogP contribution in [0.1, 0.15) is 30.7 Å². The van der Waals surface area contributed by atoms with Gasteiger partial charge in [-0.2, -0.15) is 0 Å². The predicted molar refractivity (Wildman–Crippen MR) is 82.2 cm³/mol. The number of aromatic nitrogens is 2. The van der Waals surface area contributed by atoms with E-state index in [9.17, 15) is 0 Å². The van der Waals surface area contributed by atoms with E-state index in [0.29, 0.717) is 0 Å². The number of rotatable bonds is 4. The molecule has 3 rings (SSSR count). The first-order valence-corrected chi connectivity index (χ1v) is 9.20. The monoisotopic (exact) mass is 296 g/mol. The standard InChI is InChI=1S/C13H16N2S3/c1-3-16-11-10-8-6-5-7-9(8)18-12(10)15-13(14-11)17-4-2/h3-7H2,1-2H3. The van der Waals surface area contributed by atoms with Gasteiger partial charge in [0.25, 0.3) is 0 Å². The van der Waals surface area contributed by atoms with Gasteiger partial charge in [-0.3, -0.25) is 0 Å². The Morgan fingerprint density at radius 2 is 1.94 bits per heavy atom. The average molecular weight is 296 g/mol. The fourth-order valence-corrected chi connectivity index (χ4v) is 5.18. The van der Waals surface area contributed by atoms with Crippen molar-refractivity contribution < 1.29 is 0 Å². The Morgan fingerprint density at radius 1 is 1.11 bits per heavy atom. The molecule has 0 amide bonds. The Morgan fingerprint density at radius 3 is 2.72 bits per heavy atom. The first-order valence-electron chi connectivity index (χ1n) is 6.41. The van der Waals surface area contributed by atoms with Crippen LogP contribution in [0, 0.1) is 0 Å². The highest BCUT2D eigenvalue weighted by Crippen LogP contribution is 2.41. The lowest BCUT2D eigenvalue weighted by Crippen LogP contribution is -1.92. The van der Waals surface area contributed by atoms with Gasteiger partial charge >= 0.3 is 0 Å². The highest BCUT2D eigenvalue weighted by molar-refractivity contribution is 7.99. The molecule has 2 heterocycles. The molecule has 1 aliphatic carbocycles. The average Bonchev–Trinajstić information content (AvgIpc) is 2.89. The minimum atomic E-state index is 0.945. The van der Waals surface area contributed by atoms with Crippen LogP contribution in [0.5, 0.6) is 0 Å². The second-order valence-electron chi connectivity index (χ2n) is 4.21. The van der Waals surface area contributed by atoms with Crippen LogP contribution in [0.4, 0.5) is 0 Å². The summed E-state index contributed by atoms with van der Waals surface area (Å²) in [5.41, 5.74) is 1.54. The maximum atomic E-state index is 4.75. The minimum Gasteiger partial charge on any atom is -0.215 e. The van der Waals surface area contributed by atoms with Gasteiger partial charge in [0.05, 0.1) is 0 Å². The van der Waals surface area contributed by atoms with Gasteiger partial charge in [0.1, 0.15) is 9.86 Å². The van der Waals surface area contributed by atoms with Crippen molar-refractivity contribution in [3.63, 3.8) is 0 Å². The number of hydrogen-bond acceptors (Lipinski definition) is 5. The van der Waals surface area contributed by atoms with Crippen LogP contribution in [0.15, 0.2) is 10.2 Å². The van der Waals surface area contributed by atoms with Crippen molar-refractivity contribution in [1.82, 2.24) is 9.97 Å². The maximum Gasteiger partial charge on any atom is 0.189 e. The Labute approximate surface area is 120 Å². The van der Waals surface area contributed by atoms with E-state index in [4.69, 9.17) is 9.97 Å². The summed E-state index contributed by atoms with van der Waals surface area (Å²) in [5, 5.41) is 3.51. The Kier molecular flexibility index (Phi) is 3.82. The summed E-state index contributed by atoms with van der Waals surface area (Å²) in [4.78, 5) is 12.2. The van der Waals surface area contributed by atoms with Gasteiger partial charge in [-0.25, -0.2) is 9.97 Å². The number of thioether (sulfide) groups is 2. The van der Waals surface area contributed by atoms with Gasteiger partial charge in [0.15, 0.2) is 5.16 Å². The van der Waals surface area contributed by atoms with Gasteiger partial charge in [0.2, 0.25) is 0 Å². The molecule has 0 bridgehead atoms. The molecule has 2 aromatic heterocycles. The molecule has 96 valence electrons. The van der Waals surface area contributed by atoms with E-state index in [1.165, 1.54) is 34.5 Å². The van der Waals surface area contributed by atoms with Crippen molar-refractivity contribution >= 4 is 45.1 Å². The molecule has 2 nitrogen and oxygen atoms in total. The molecule has 2 aromatic rings. The summed E-state index contributed by atoms with van der Waals surface area (Å²) in [6, 6.07) is 0. The van der Waals surface area contributed by atoms with E-state index in [-0.39, 0.29) is 0 Å². The van der Waals surface area contributed by atoms with E-state index in [2.05, 4.69) is 13.8 Å². The van der Waals surface area contributed by atoms with Crippen LogP contribution in [0.3, 0.4) is 0 Å². The molecule has 0 unspecified atom stereocenters. The first kappa shape index (κ1) is 12.8. The van der Waals surface area contributed by atoms with E-state index in [1.807, 2.05) is 23.1 Å². The predicted octanol–water partition coefficient (Wildman–Crippen LogP) is 4.40. The zero-order valence-corrected chi connectivity index (χ0v) is 13.1. The van der Waals surface area contributed by atoms with Crippen LogP contribution in [-0.2, 0) is 12.8 Å². The number of thiophene rings is 1. The fraction of sp³-hybridized carbons (Fsp3) is 0.538. The van der Waals surface area contributed by atoms with E-state index in [0.717, 1.165) is 16.7 Å². The van der Waals surface area contributed by atoms with E-state index >= 15 is 0 Å². The third kappa shape index (κ3) is 2.17. The Hall–Kier alpha value is -0.260. The van der Waals surface area contributed by atoms with E-state index in [1.54, 1.807) is 22.2 Å². The minimum absolute atomic E-state index is 0.945. The third-order valence-corrected chi connectivity index (χ3v) is 5.84. The van der Waals surface area contributed by atoms with Gasteiger partial charge in [-0.15, -0.1) is 23.1 Å². The molecule has 0 aliphatic heterocycles. The molecule has 5 heteroatoms. The van der Waals surface area contributed by atoms with Crippen molar-refractivity contribution in [2.75, 3.05) is 11.5 Å². The number of aryl methyl sites for hydroxylation is 2. The summed E-state index contributed by atoms with van der Waals surface area (Å²) in [6.07, 6.45) is 3.76. The molecule has 1 aliphatic rings. The second kappa shape index (κ2) is 5.39. The molecule has 0 saturated heterocycles. The van der Waals surface area contributed by atoms with Crippen LogP contribution < -0.4 is 0 Å². The van der Waals surface area contributed by atoms with Crippen molar-refractivity contribution in [2.45, 2.75) is 43.3 Å². The van der Waals surface area contributed by atoms with Crippen LogP contribution in [0.2, 0.25) is 0 Å². The van der Waals surface area contributed by atoms with Crippen LogP contribution in [-0.4, -0.2) is 21.5 Å². The molecule has 0 saturated carbocycles. The highest BCUT2D eigenvalue weighted by atomic mass is 32.2. The van der Waals surface area contributed by atoms with Crippen molar-refractivity contribution in [3.05, 3.63) is 10.4 Å². The van der Waals surface area contributed by atoms with Crippen molar-refractivity contribution in [3.8, 4) is 0 Å². The number of fused-ring (bicyclic) bond motifs is 3. The van der Waals surface area contributed by atoms with Gasteiger partial charge in [-0.1, -0.05) is 25.6 Å². The molecular formula is C13H16N2S3. The summed E-state index contributed by atoms with van der Waals surface area (Å²) in [5.74, 6) is 2.11. The summed E-state index contributed by atoms with van der Waals surface area (Å²) in [7, 11) is 0. The topological polar surface area (TPSA) is 25.8 Å². The molecule has 0 fully saturated rings. The lowest BCUT2D eigenvalue weighted by molar-refractivity contribution is 0.906. The molecule has 0 radical (unpaired) electrons. The molecule has 18 heavy (non-hydrogen) atoms. The summed E-state index contributed by atoms with van der Waals surface area (Å²) < 4.78 is 0. The lowest BCUT2D eigenvalue weighted by atomic mass is 10.2. The zero-order valence-electron chi connectivity index (χ0n) is 10.7. The number of nitrogens with zero attached hydrogens (tertiary/aromatic N) is 2. The zero-order chi connectivity index (χ0) is 12.5. The second-order valence-corrected chi connectivity index (χ2v) is 7.78. The molecule has 0 spiro atoms. The normalized spacial score (nSPS) is 14.3. The van der Waals surface area contributed by atoms with Crippen molar-refractivity contribution in [2.24, 2.45) is 0 Å². The fourth-order valence-electron chi connectivity index (χ4n) is 2.38. The third-order valence-electron chi connectivity index (χ3n) is 3.07. The lowest BCUT2D eigenvalue weighted by Gasteiger charge is -2.05. The molecule has 0 N–H and O–H groups in total. The molecule has 0 atom stereocenters. The first-order chi connectivity index (χ1) is 8.83. The Balaban J connectivity index is 2.18. The quantitative estimate of drug-likeness (QED) is 0.474. The molecule has 0 aromatic carbocycles. The van der Waals surface area contributed by atoms with E-state index < -0.39 is 0 Å². The van der Waals surface area contributed by atoms with Crippen LogP contribution in [0.25, 0.3) is 10.2 Å². The SMILES string of the molecule is CCSc1nc(SCC)c2c3c(sc2n1)CCC3. The largest absolute Gasteiger partial charge is 0.215 e. The highest BCUT2D eigenvalue weighted by Gasteiger charge is 2.22. The maximum absolute atomic E-state index is 4.75. The van der Waals surface area contributed by atoms with Gasteiger partial charge in [0, 0.05) is 10.3 Å². The van der Waals surface area contributed by atoms with Crippen LogP contribution >= 0.6 is 34.9 Å². The smallest absolute Gasteiger partial charge is 0.189 e. The summed E-state index contributed by atoms with van der Waals surface area (Å²) >= 11 is 5.49. The van der Waals surface area contributed by atoms with Gasteiger partial charge in [-0.05, 0) is 36.3 Å².